The Kier molecular flexibility index (Phi) is 4.73. The molecule has 0 aromatic heterocycles. The van der Waals surface area contributed by atoms with Crippen molar-refractivity contribution in [3.05, 3.63) is 22.4 Å². The van der Waals surface area contributed by atoms with Crippen molar-refractivity contribution in [3.63, 3.8) is 0 Å². The first-order valence-corrected chi connectivity index (χ1v) is 7.52. The standard InChI is InChI=1S/C13H15BrFNO2S/c1-2-18-13-10(14)4-9(15)5-11(13)16-6-8(7-19)3-12(16)17/h4-5,8,19H,2-3,6-7H2,1H3. The second kappa shape index (κ2) is 6.13. The van der Waals surface area contributed by atoms with Crippen LogP contribution in [0.15, 0.2) is 16.6 Å². The number of amides is 1. The van der Waals surface area contributed by atoms with Gasteiger partial charge in [-0.05, 0) is 40.6 Å². The van der Waals surface area contributed by atoms with Gasteiger partial charge in [0.15, 0.2) is 5.75 Å². The SMILES string of the molecule is CCOc1c(Br)cc(F)cc1N1CC(CS)CC1=O. The highest BCUT2D eigenvalue weighted by molar-refractivity contribution is 9.10. The zero-order chi connectivity index (χ0) is 14.0. The maximum absolute atomic E-state index is 13.6. The Balaban J connectivity index is 2.40. The highest BCUT2D eigenvalue weighted by Gasteiger charge is 2.32. The number of nitrogens with zero attached hydrogens (tertiary/aromatic N) is 1. The molecule has 1 aliphatic heterocycles. The summed E-state index contributed by atoms with van der Waals surface area (Å²) in [4.78, 5) is 13.6. The van der Waals surface area contributed by atoms with Gasteiger partial charge in [0, 0.05) is 19.0 Å². The summed E-state index contributed by atoms with van der Waals surface area (Å²) in [5.74, 6) is 0.942. The van der Waals surface area contributed by atoms with Gasteiger partial charge in [-0.2, -0.15) is 12.6 Å². The van der Waals surface area contributed by atoms with Crippen molar-refractivity contribution >= 4 is 40.2 Å². The number of anilines is 1. The lowest BCUT2D eigenvalue weighted by molar-refractivity contribution is -0.117. The third kappa shape index (κ3) is 3.05. The molecule has 2 rings (SSSR count). The molecule has 1 aliphatic rings. The van der Waals surface area contributed by atoms with Crippen LogP contribution in [-0.2, 0) is 4.79 Å². The zero-order valence-electron chi connectivity index (χ0n) is 10.5. The van der Waals surface area contributed by atoms with E-state index in [9.17, 15) is 9.18 Å². The van der Waals surface area contributed by atoms with Crippen molar-refractivity contribution in [1.29, 1.82) is 0 Å². The summed E-state index contributed by atoms with van der Waals surface area (Å²) in [5, 5.41) is 0. The van der Waals surface area contributed by atoms with Crippen LogP contribution in [0.3, 0.4) is 0 Å². The van der Waals surface area contributed by atoms with Gasteiger partial charge in [-0.3, -0.25) is 4.79 Å². The minimum absolute atomic E-state index is 0.0162. The molecule has 1 heterocycles. The fraction of sp³-hybridized carbons (Fsp3) is 0.462. The van der Waals surface area contributed by atoms with Gasteiger partial charge in [-0.25, -0.2) is 4.39 Å². The number of benzene rings is 1. The number of ether oxygens (including phenoxy) is 1. The van der Waals surface area contributed by atoms with E-state index < -0.39 is 5.82 Å². The van der Waals surface area contributed by atoms with Gasteiger partial charge in [0.1, 0.15) is 5.82 Å². The van der Waals surface area contributed by atoms with E-state index in [1.807, 2.05) is 6.92 Å². The van der Waals surface area contributed by atoms with Crippen LogP contribution in [-0.4, -0.2) is 24.8 Å². The van der Waals surface area contributed by atoms with Gasteiger partial charge in [0.25, 0.3) is 0 Å². The third-order valence-electron chi connectivity index (χ3n) is 3.03. The lowest BCUT2D eigenvalue weighted by Gasteiger charge is -2.21. The number of carbonyl (C=O) groups excluding carboxylic acids is 1. The van der Waals surface area contributed by atoms with Crippen molar-refractivity contribution in [3.8, 4) is 5.75 Å². The Morgan fingerprint density at radius 3 is 2.89 bits per heavy atom. The number of thiol groups is 1. The number of carbonyl (C=O) groups is 1. The molecule has 1 atom stereocenters. The van der Waals surface area contributed by atoms with Gasteiger partial charge in [0.2, 0.25) is 5.91 Å². The van der Waals surface area contributed by atoms with E-state index in [4.69, 9.17) is 4.74 Å². The molecule has 0 spiro atoms. The van der Waals surface area contributed by atoms with Crippen molar-refractivity contribution in [2.24, 2.45) is 5.92 Å². The predicted octanol–water partition coefficient (Wildman–Crippen LogP) is 3.27. The third-order valence-corrected chi connectivity index (χ3v) is 4.14. The van der Waals surface area contributed by atoms with E-state index >= 15 is 0 Å². The molecule has 1 fully saturated rings. The maximum Gasteiger partial charge on any atom is 0.227 e. The molecular formula is C13H15BrFNO2S. The van der Waals surface area contributed by atoms with Gasteiger partial charge < -0.3 is 9.64 Å². The Hall–Kier alpha value is -0.750. The molecule has 1 unspecified atom stereocenters. The average Bonchev–Trinajstić information content (AvgIpc) is 2.74. The highest BCUT2D eigenvalue weighted by atomic mass is 79.9. The normalized spacial score (nSPS) is 19.1. The molecule has 0 radical (unpaired) electrons. The molecular weight excluding hydrogens is 333 g/mol. The fourth-order valence-corrected chi connectivity index (χ4v) is 2.95. The van der Waals surface area contributed by atoms with Gasteiger partial charge in [0.05, 0.1) is 16.8 Å². The molecule has 1 saturated heterocycles. The van der Waals surface area contributed by atoms with Crippen LogP contribution in [0.5, 0.6) is 5.75 Å². The van der Waals surface area contributed by atoms with Crippen LogP contribution in [0.2, 0.25) is 0 Å². The largest absolute Gasteiger partial charge is 0.490 e. The number of halogens is 2. The van der Waals surface area contributed by atoms with Crippen molar-refractivity contribution in [2.45, 2.75) is 13.3 Å². The average molecular weight is 348 g/mol. The van der Waals surface area contributed by atoms with Gasteiger partial charge >= 0.3 is 0 Å². The Labute approximate surface area is 125 Å². The van der Waals surface area contributed by atoms with Crippen molar-refractivity contribution in [2.75, 3.05) is 23.8 Å². The molecule has 0 bridgehead atoms. The minimum atomic E-state index is -0.396. The first-order valence-electron chi connectivity index (χ1n) is 6.09. The van der Waals surface area contributed by atoms with Crippen molar-refractivity contribution in [1.82, 2.24) is 0 Å². The lowest BCUT2D eigenvalue weighted by Crippen LogP contribution is -2.25. The fourth-order valence-electron chi connectivity index (χ4n) is 2.17. The molecule has 1 aromatic rings. The highest BCUT2D eigenvalue weighted by Crippen LogP contribution is 2.39. The number of rotatable bonds is 4. The molecule has 1 aromatic carbocycles. The molecule has 0 aliphatic carbocycles. The summed E-state index contributed by atoms with van der Waals surface area (Å²) >= 11 is 7.50. The Morgan fingerprint density at radius 2 is 2.32 bits per heavy atom. The number of hydrogen-bond acceptors (Lipinski definition) is 3. The monoisotopic (exact) mass is 347 g/mol. The van der Waals surface area contributed by atoms with Gasteiger partial charge in [-0.15, -0.1) is 0 Å². The Bertz CT molecular complexity index is 498. The summed E-state index contributed by atoms with van der Waals surface area (Å²) in [6, 6.07) is 2.68. The smallest absolute Gasteiger partial charge is 0.227 e. The second-order valence-electron chi connectivity index (χ2n) is 4.43. The van der Waals surface area contributed by atoms with Crippen LogP contribution >= 0.6 is 28.6 Å². The summed E-state index contributed by atoms with van der Waals surface area (Å²) in [6.07, 6.45) is 0.448. The van der Waals surface area contributed by atoms with Gasteiger partial charge in [-0.1, -0.05) is 0 Å². The first kappa shape index (κ1) is 14.7. The van der Waals surface area contributed by atoms with Crippen molar-refractivity contribution < 1.29 is 13.9 Å². The van der Waals surface area contributed by atoms with Crippen LogP contribution in [0.4, 0.5) is 10.1 Å². The predicted molar refractivity (Wildman–Crippen MR) is 79.6 cm³/mol. The van der Waals surface area contributed by atoms with Crippen LogP contribution in [0.25, 0.3) is 0 Å². The van der Waals surface area contributed by atoms with E-state index in [0.29, 0.717) is 41.2 Å². The maximum atomic E-state index is 13.6. The van der Waals surface area contributed by atoms with Crippen LogP contribution < -0.4 is 9.64 Å². The lowest BCUT2D eigenvalue weighted by atomic mass is 10.1. The first-order chi connectivity index (χ1) is 9.06. The summed E-state index contributed by atoms with van der Waals surface area (Å²) < 4.78 is 19.6. The minimum Gasteiger partial charge on any atom is -0.490 e. The summed E-state index contributed by atoms with van der Waals surface area (Å²) in [7, 11) is 0. The summed E-state index contributed by atoms with van der Waals surface area (Å²) in [6.45, 7) is 2.86. The quantitative estimate of drug-likeness (QED) is 0.847. The molecule has 6 heteroatoms. The molecule has 0 N–H and O–H groups in total. The number of hydrogen-bond donors (Lipinski definition) is 1. The second-order valence-corrected chi connectivity index (χ2v) is 5.65. The molecule has 0 saturated carbocycles. The Morgan fingerprint density at radius 1 is 1.58 bits per heavy atom. The van der Waals surface area contributed by atoms with E-state index in [1.165, 1.54) is 12.1 Å². The molecule has 1 amide bonds. The van der Waals surface area contributed by atoms with E-state index in [1.54, 1.807) is 4.90 Å². The van der Waals surface area contributed by atoms with E-state index in [-0.39, 0.29) is 11.8 Å². The zero-order valence-corrected chi connectivity index (χ0v) is 13.0. The van der Waals surface area contributed by atoms with E-state index in [0.717, 1.165) is 0 Å². The van der Waals surface area contributed by atoms with Crippen LogP contribution in [0, 0.1) is 11.7 Å². The summed E-state index contributed by atoms with van der Waals surface area (Å²) in [5.41, 5.74) is 0.489. The molecule has 104 valence electrons. The molecule has 3 nitrogen and oxygen atoms in total. The topological polar surface area (TPSA) is 29.5 Å². The van der Waals surface area contributed by atoms with Crippen LogP contribution in [0.1, 0.15) is 13.3 Å². The molecule has 19 heavy (non-hydrogen) atoms. The van der Waals surface area contributed by atoms with E-state index in [2.05, 4.69) is 28.6 Å².